The first-order valence-electron chi connectivity index (χ1n) is 10.5. The van der Waals surface area contributed by atoms with Gasteiger partial charge in [-0.3, -0.25) is 4.79 Å². The maximum absolute atomic E-state index is 13.3. The monoisotopic (exact) mass is 492 g/mol. The minimum Gasteiger partial charge on any atom is -0.492 e. The van der Waals surface area contributed by atoms with Crippen molar-refractivity contribution in [3.63, 3.8) is 0 Å². The highest BCUT2D eigenvalue weighted by molar-refractivity contribution is 6.32. The Morgan fingerprint density at radius 3 is 2.76 bits per heavy atom. The molecule has 1 aromatic carbocycles. The maximum Gasteiger partial charge on any atom is 0.304 e. The van der Waals surface area contributed by atoms with E-state index in [1.165, 1.54) is 43.4 Å². The lowest BCUT2D eigenvalue weighted by Crippen LogP contribution is -2.25. The molecule has 1 unspecified atom stereocenters. The number of benzene rings is 1. The summed E-state index contributed by atoms with van der Waals surface area (Å²) in [6.45, 7) is 0.501. The summed E-state index contributed by atoms with van der Waals surface area (Å²) in [5.74, 6) is 0.333. The molecule has 1 fully saturated rings. The molecule has 0 bridgehead atoms. The van der Waals surface area contributed by atoms with Crippen LogP contribution in [0.2, 0.25) is 5.02 Å². The first-order chi connectivity index (χ1) is 16.4. The van der Waals surface area contributed by atoms with Crippen LogP contribution < -0.4 is 14.8 Å². The van der Waals surface area contributed by atoms with Gasteiger partial charge in [-0.25, -0.2) is 13.8 Å². The Morgan fingerprint density at radius 1 is 1.21 bits per heavy atom. The third kappa shape index (κ3) is 6.13. The Labute approximate surface area is 198 Å². The number of carbonyl (C=O) groups excluding carboxylic acids is 1. The molecule has 34 heavy (non-hydrogen) atoms. The topological polar surface area (TPSA) is 86.2 Å². The van der Waals surface area contributed by atoms with Crippen LogP contribution in [0.3, 0.4) is 0 Å². The molecule has 0 radical (unpaired) electrons. The van der Waals surface area contributed by atoms with Gasteiger partial charge in [-0.15, -0.1) is 0 Å². The molecule has 2 heterocycles. The zero-order valence-corrected chi connectivity index (χ0v) is 18.5. The van der Waals surface area contributed by atoms with E-state index in [1.54, 1.807) is 18.2 Å². The molecular weight excluding hydrogens is 473 g/mol. The van der Waals surface area contributed by atoms with Gasteiger partial charge >= 0.3 is 6.43 Å². The van der Waals surface area contributed by atoms with Gasteiger partial charge in [-0.05, 0) is 49.1 Å². The lowest BCUT2D eigenvalue weighted by Gasteiger charge is -2.13. The summed E-state index contributed by atoms with van der Waals surface area (Å²) in [5.41, 5.74) is 1.51. The SMILES string of the molecule is O=C(NCc1cccnc1OC(F)C(F)F)c1cnnc(-c2ccc(OCC3CC3)c(Cl)c2)c1. The fraction of sp³-hybridized carbons (Fsp3) is 0.304. The standard InChI is InChI=1S/C23H20ClF3N4O3/c24-17-8-14(5-6-19(17)33-12-13-3-4-13)18-9-16(11-30-31-18)22(32)29-10-15-2-1-7-28-23(15)34-21(27)20(25)26/h1-2,5-9,11,13,20-21H,3-4,10,12H2,(H,29,32). The van der Waals surface area contributed by atoms with Crippen molar-refractivity contribution in [2.45, 2.75) is 32.2 Å². The summed E-state index contributed by atoms with van der Waals surface area (Å²) in [7, 11) is 0. The van der Waals surface area contributed by atoms with Crippen LogP contribution in [0.25, 0.3) is 11.3 Å². The van der Waals surface area contributed by atoms with Crippen LogP contribution >= 0.6 is 11.6 Å². The summed E-state index contributed by atoms with van der Waals surface area (Å²) < 4.78 is 48.4. The van der Waals surface area contributed by atoms with Gasteiger partial charge < -0.3 is 14.8 Å². The van der Waals surface area contributed by atoms with Gasteiger partial charge in [0, 0.05) is 23.9 Å². The van der Waals surface area contributed by atoms with E-state index in [2.05, 4.69) is 25.2 Å². The predicted molar refractivity (Wildman–Crippen MR) is 118 cm³/mol. The number of halogens is 4. The van der Waals surface area contributed by atoms with Crippen molar-refractivity contribution in [2.24, 2.45) is 5.92 Å². The van der Waals surface area contributed by atoms with Gasteiger partial charge in [0.05, 0.1) is 29.1 Å². The highest BCUT2D eigenvalue weighted by Gasteiger charge is 2.23. The van der Waals surface area contributed by atoms with E-state index in [4.69, 9.17) is 16.3 Å². The van der Waals surface area contributed by atoms with E-state index in [9.17, 15) is 18.0 Å². The van der Waals surface area contributed by atoms with Gasteiger partial charge in [0.1, 0.15) is 5.75 Å². The Kier molecular flexibility index (Phi) is 7.46. The number of nitrogens with one attached hydrogen (secondary N) is 1. The van der Waals surface area contributed by atoms with E-state index in [1.807, 2.05) is 0 Å². The molecule has 178 valence electrons. The predicted octanol–water partition coefficient (Wildman–Crippen LogP) is 4.85. The van der Waals surface area contributed by atoms with E-state index in [-0.39, 0.29) is 23.6 Å². The fourth-order valence-electron chi connectivity index (χ4n) is 3.00. The van der Waals surface area contributed by atoms with Crippen molar-refractivity contribution in [3.05, 3.63) is 64.9 Å². The van der Waals surface area contributed by atoms with Crippen molar-refractivity contribution >= 4 is 17.5 Å². The Balaban J connectivity index is 1.42. The summed E-state index contributed by atoms with van der Waals surface area (Å²) in [4.78, 5) is 16.4. The quantitative estimate of drug-likeness (QED) is 0.435. The Morgan fingerprint density at radius 2 is 2.03 bits per heavy atom. The van der Waals surface area contributed by atoms with Crippen LogP contribution in [0.5, 0.6) is 11.6 Å². The highest BCUT2D eigenvalue weighted by atomic mass is 35.5. The number of amides is 1. The normalized spacial score (nSPS) is 14.0. The minimum atomic E-state index is -3.32. The number of alkyl halides is 3. The molecule has 3 aromatic rings. The molecule has 0 spiro atoms. The van der Waals surface area contributed by atoms with Crippen molar-refractivity contribution in [2.75, 3.05) is 6.61 Å². The summed E-state index contributed by atoms with van der Waals surface area (Å²) in [6, 6.07) is 9.73. The van der Waals surface area contributed by atoms with Crippen molar-refractivity contribution in [3.8, 4) is 22.9 Å². The molecule has 4 rings (SSSR count). The number of rotatable bonds is 10. The van der Waals surface area contributed by atoms with Gasteiger partial charge in [-0.1, -0.05) is 17.7 Å². The van der Waals surface area contributed by atoms with Crippen LogP contribution in [0.1, 0.15) is 28.8 Å². The number of aromatic nitrogens is 3. The molecule has 1 N–H and O–H groups in total. The van der Waals surface area contributed by atoms with Crippen LogP contribution in [-0.4, -0.2) is 40.5 Å². The first kappa shape index (κ1) is 23.7. The molecule has 0 saturated heterocycles. The average molecular weight is 493 g/mol. The summed E-state index contributed by atoms with van der Waals surface area (Å²) in [6.07, 6.45) is -1.26. The van der Waals surface area contributed by atoms with E-state index >= 15 is 0 Å². The second-order valence-corrected chi connectivity index (χ2v) is 8.09. The largest absolute Gasteiger partial charge is 0.492 e. The molecule has 1 amide bonds. The van der Waals surface area contributed by atoms with E-state index in [0.29, 0.717) is 34.6 Å². The first-order valence-corrected chi connectivity index (χ1v) is 10.8. The fourth-order valence-corrected chi connectivity index (χ4v) is 3.24. The second-order valence-electron chi connectivity index (χ2n) is 7.68. The molecule has 0 aliphatic heterocycles. The van der Waals surface area contributed by atoms with Crippen LogP contribution in [0.4, 0.5) is 13.2 Å². The van der Waals surface area contributed by atoms with Crippen LogP contribution in [-0.2, 0) is 6.54 Å². The lowest BCUT2D eigenvalue weighted by atomic mass is 10.1. The second kappa shape index (κ2) is 10.7. The molecule has 1 saturated carbocycles. The zero-order chi connectivity index (χ0) is 24.1. The van der Waals surface area contributed by atoms with Crippen LogP contribution in [0, 0.1) is 5.92 Å². The molecule has 11 heteroatoms. The zero-order valence-electron chi connectivity index (χ0n) is 17.8. The van der Waals surface area contributed by atoms with Gasteiger partial charge in [-0.2, -0.15) is 14.6 Å². The lowest BCUT2D eigenvalue weighted by molar-refractivity contribution is -0.0695. The molecule has 7 nitrogen and oxygen atoms in total. The number of pyridine rings is 1. The summed E-state index contributed by atoms with van der Waals surface area (Å²) >= 11 is 6.33. The third-order valence-electron chi connectivity index (χ3n) is 5.03. The van der Waals surface area contributed by atoms with Gasteiger partial charge in [0.2, 0.25) is 5.88 Å². The minimum absolute atomic E-state index is 0.130. The highest BCUT2D eigenvalue weighted by Crippen LogP contribution is 2.33. The Bertz CT molecular complexity index is 1160. The third-order valence-corrected chi connectivity index (χ3v) is 5.32. The molecule has 1 aliphatic carbocycles. The van der Waals surface area contributed by atoms with Gasteiger partial charge in [0.15, 0.2) is 0 Å². The smallest absolute Gasteiger partial charge is 0.304 e. The number of hydrogen-bond donors (Lipinski definition) is 1. The molecule has 1 atom stereocenters. The Hall–Kier alpha value is -3.40. The number of ether oxygens (including phenoxy) is 2. The number of hydrogen-bond acceptors (Lipinski definition) is 6. The molecule has 1 aliphatic rings. The van der Waals surface area contributed by atoms with Crippen molar-refractivity contribution in [1.29, 1.82) is 0 Å². The summed E-state index contributed by atoms with van der Waals surface area (Å²) in [5, 5.41) is 11.0. The van der Waals surface area contributed by atoms with Crippen LogP contribution in [0.15, 0.2) is 48.8 Å². The molecular formula is C23H20ClF3N4O3. The average Bonchev–Trinajstić information content (AvgIpc) is 3.67. The van der Waals surface area contributed by atoms with Crippen molar-refractivity contribution < 1.29 is 27.4 Å². The number of carbonyl (C=O) groups is 1. The number of nitrogens with zero attached hydrogens (tertiary/aromatic N) is 3. The molecule has 2 aromatic heterocycles. The van der Waals surface area contributed by atoms with Gasteiger partial charge in [0.25, 0.3) is 12.3 Å². The van der Waals surface area contributed by atoms with Crippen molar-refractivity contribution in [1.82, 2.24) is 20.5 Å². The maximum atomic E-state index is 13.3. The van der Waals surface area contributed by atoms with E-state index in [0.717, 1.165) is 0 Å². The van der Waals surface area contributed by atoms with E-state index < -0.39 is 18.7 Å².